The summed E-state index contributed by atoms with van der Waals surface area (Å²) in [5.74, 6) is -0.0526. The average Bonchev–Trinajstić information content (AvgIpc) is 2.66. The third-order valence-corrected chi connectivity index (χ3v) is 4.73. The lowest BCUT2D eigenvalue weighted by molar-refractivity contribution is -0.136. The van der Waals surface area contributed by atoms with Gasteiger partial charge in [-0.1, -0.05) is 37.3 Å². The molecular formula is C20H29N3O3. The Hall–Kier alpha value is -2.37. The standard InChI is InChI=1S/C20H29N3O3/c1-3-11-21-20(26)17-9-12-23(13-10-17)19(25)14-18(22-15(2)24)16-7-5-4-6-8-16/h4-8,17-18H,3,9-14H2,1-2H3,(H,21,26)(H,22,24). The van der Waals surface area contributed by atoms with E-state index in [1.54, 1.807) is 4.90 Å². The maximum atomic E-state index is 12.7. The molecule has 0 saturated carbocycles. The van der Waals surface area contributed by atoms with Crippen molar-refractivity contribution in [1.82, 2.24) is 15.5 Å². The topological polar surface area (TPSA) is 78.5 Å². The Morgan fingerprint density at radius 1 is 1.15 bits per heavy atom. The fraction of sp³-hybridized carbons (Fsp3) is 0.550. The zero-order valence-corrected chi connectivity index (χ0v) is 15.7. The van der Waals surface area contributed by atoms with E-state index >= 15 is 0 Å². The van der Waals surface area contributed by atoms with E-state index in [4.69, 9.17) is 0 Å². The summed E-state index contributed by atoms with van der Waals surface area (Å²) in [6.07, 6.45) is 2.54. The normalized spacial score (nSPS) is 16.0. The molecule has 0 aliphatic carbocycles. The molecule has 0 aromatic heterocycles. The van der Waals surface area contributed by atoms with E-state index in [0.717, 1.165) is 12.0 Å². The van der Waals surface area contributed by atoms with Gasteiger partial charge < -0.3 is 15.5 Å². The van der Waals surface area contributed by atoms with Crippen LogP contribution in [0.5, 0.6) is 0 Å². The predicted molar refractivity (Wildman–Crippen MR) is 100 cm³/mol. The molecule has 2 rings (SSSR count). The molecule has 1 aliphatic heterocycles. The summed E-state index contributed by atoms with van der Waals surface area (Å²) in [7, 11) is 0. The number of nitrogens with one attached hydrogen (secondary N) is 2. The molecule has 2 N–H and O–H groups in total. The van der Waals surface area contributed by atoms with Gasteiger partial charge in [0.1, 0.15) is 0 Å². The smallest absolute Gasteiger partial charge is 0.224 e. The second kappa shape index (κ2) is 9.94. The zero-order chi connectivity index (χ0) is 18.9. The van der Waals surface area contributed by atoms with Crippen molar-refractivity contribution >= 4 is 17.7 Å². The van der Waals surface area contributed by atoms with Crippen LogP contribution in [0.4, 0.5) is 0 Å². The number of piperidine rings is 1. The van der Waals surface area contributed by atoms with Crippen LogP contribution in [0, 0.1) is 5.92 Å². The summed E-state index contributed by atoms with van der Waals surface area (Å²) in [4.78, 5) is 38.1. The van der Waals surface area contributed by atoms with E-state index in [-0.39, 0.29) is 36.1 Å². The maximum Gasteiger partial charge on any atom is 0.224 e. The van der Waals surface area contributed by atoms with Gasteiger partial charge in [-0.15, -0.1) is 0 Å². The van der Waals surface area contributed by atoms with E-state index in [9.17, 15) is 14.4 Å². The first-order valence-electron chi connectivity index (χ1n) is 9.38. The predicted octanol–water partition coefficient (Wildman–Crippen LogP) is 2.02. The van der Waals surface area contributed by atoms with Crippen LogP contribution >= 0.6 is 0 Å². The quantitative estimate of drug-likeness (QED) is 0.782. The zero-order valence-electron chi connectivity index (χ0n) is 15.7. The second-order valence-corrected chi connectivity index (χ2v) is 6.81. The molecule has 1 saturated heterocycles. The molecule has 0 spiro atoms. The lowest BCUT2D eigenvalue weighted by Crippen LogP contribution is -2.44. The summed E-state index contributed by atoms with van der Waals surface area (Å²) in [6.45, 7) is 5.36. The van der Waals surface area contributed by atoms with Gasteiger partial charge in [0.05, 0.1) is 12.5 Å². The lowest BCUT2D eigenvalue weighted by Gasteiger charge is -2.32. The Bertz CT molecular complexity index is 610. The first-order chi connectivity index (χ1) is 12.5. The van der Waals surface area contributed by atoms with Crippen molar-refractivity contribution in [3.8, 4) is 0 Å². The van der Waals surface area contributed by atoms with Crippen LogP contribution in [0.2, 0.25) is 0 Å². The minimum absolute atomic E-state index is 0.00846. The molecule has 1 heterocycles. The molecule has 142 valence electrons. The van der Waals surface area contributed by atoms with Crippen LogP contribution in [0.1, 0.15) is 51.1 Å². The van der Waals surface area contributed by atoms with E-state index in [1.807, 2.05) is 37.3 Å². The molecule has 1 aromatic rings. The van der Waals surface area contributed by atoms with Gasteiger partial charge in [-0.25, -0.2) is 0 Å². The van der Waals surface area contributed by atoms with Gasteiger partial charge in [0.15, 0.2) is 0 Å². The Kier molecular flexibility index (Phi) is 7.63. The molecule has 0 radical (unpaired) electrons. The molecule has 1 aliphatic rings. The van der Waals surface area contributed by atoms with Crippen molar-refractivity contribution in [3.63, 3.8) is 0 Å². The number of rotatable bonds is 7. The minimum atomic E-state index is -0.327. The average molecular weight is 359 g/mol. The van der Waals surface area contributed by atoms with Crippen LogP contribution in [-0.4, -0.2) is 42.3 Å². The summed E-state index contributed by atoms with van der Waals surface area (Å²) in [6, 6.07) is 9.21. The molecular weight excluding hydrogens is 330 g/mol. The van der Waals surface area contributed by atoms with Crippen molar-refractivity contribution in [2.24, 2.45) is 5.92 Å². The van der Waals surface area contributed by atoms with Crippen molar-refractivity contribution < 1.29 is 14.4 Å². The van der Waals surface area contributed by atoms with Gasteiger partial charge >= 0.3 is 0 Å². The van der Waals surface area contributed by atoms with Gasteiger partial charge in [0.25, 0.3) is 0 Å². The molecule has 1 fully saturated rings. The highest BCUT2D eigenvalue weighted by molar-refractivity contribution is 5.81. The second-order valence-electron chi connectivity index (χ2n) is 6.81. The van der Waals surface area contributed by atoms with E-state index in [2.05, 4.69) is 10.6 Å². The molecule has 1 unspecified atom stereocenters. The SMILES string of the molecule is CCCNC(=O)C1CCN(C(=O)CC(NC(C)=O)c2ccccc2)CC1. The minimum Gasteiger partial charge on any atom is -0.356 e. The number of carbonyl (C=O) groups is 3. The van der Waals surface area contributed by atoms with E-state index in [0.29, 0.717) is 32.5 Å². The number of likely N-dealkylation sites (tertiary alicyclic amines) is 1. The monoisotopic (exact) mass is 359 g/mol. The Morgan fingerprint density at radius 2 is 1.81 bits per heavy atom. The molecule has 1 atom stereocenters. The van der Waals surface area contributed by atoms with Crippen molar-refractivity contribution in [2.45, 2.75) is 45.6 Å². The van der Waals surface area contributed by atoms with Crippen LogP contribution in [0.15, 0.2) is 30.3 Å². The van der Waals surface area contributed by atoms with Gasteiger partial charge in [-0.3, -0.25) is 14.4 Å². The van der Waals surface area contributed by atoms with E-state index in [1.165, 1.54) is 6.92 Å². The summed E-state index contributed by atoms with van der Waals surface area (Å²) >= 11 is 0. The number of benzene rings is 1. The fourth-order valence-electron chi connectivity index (χ4n) is 3.27. The van der Waals surface area contributed by atoms with Crippen LogP contribution in [0.3, 0.4) is 0 Å². The number of nitrogens with zero attached hydrogens (tertiary/aromatic N) is 1. The number of amides is 3. The Labute approximate surface area is 155 Å². The molecule has 26 heavy (non-hydrogen) atoms. The van der Waals surface area contributed by atoms with Crippen LogP contribution in [0.25, 0.3) is 0 Å². The largest absolute Gasteiger partial charge is 0.356 e. The number of carbonyl (C=O) groups excluding carboxylic acids is 3. The Morgan fingerprint density at radius 3 is 2.38 bits per heavy atom. The van der Waals surface area contributed by atoms with E-state index < -0.39 is 0 Å². The van der Waals surface area contributed by atoms with Gasteiger partial charge in [0, 0.05) is 32.5 Å². The molecule has 1 aromatic carbocycles. The molecule has 6 nitrogen and oxygen atoms in total. The summed E-state index contributed by atoms with van der Waals surface area (Å²) in [5, 5.41) is 5.80. The van der Waals surface area contributed by atoms with Crippen LogP contribution < -0.4 is 10.6 Å². The molecule has 3 amide bonds. The third-order valence-electron chi connectivity index (χ3n) is 4.73. The highest BCUT2D eigenvalue weighted by Gasteiger charge is 2.28. The summed E-state index contributed by atoms with van der Waals surface area (Å²) < 4.78 is 0. The van der Waals surface area contributed by atoms with Gasteiger partial charge in [-0.05, 0) is 24.8 Å². The van der Waals surface area contributed by atoms with Gasteiger partial charge in [0.2, 0.25) is 17.7 Å². The van der Waals surface area contributed by atoms with Crippen molar-refractivity contribution in [3.05, 3.63) is 35.9 Å². The third kappa shape index (κ3) is 5.86. The van der Waals surface area contributed by atoms with Crippen molar-refractivity contribution in [2.75, 3.05) is 19.6 Å². The highest BCUT2D eigenvalue weighted by atomic mass is 16.2. The number of hydrogen-bond donors (Lipinski definition) is 2. The maximum absolute atomic E-state index is 12.7. The van der Waals surface area contributed by atoms with Gasteiger partial charge in [-0.2, -0.15) is 0 Å². The van der Waals surface area contributed by atoms with Crippen LogP contribution in [-0.2, 0) is 14.4 Å². The first kappa shape index (κ1) is 19.9. The first-order valence-corrected chi connectivity index (χ1v) is 9.38. The number of hydrogen-bond acceptors (Lipinski definition) is 3. The molecule has 6 heteroatoms. The van der Waals surface area contributed by atoms with Crippen molar-refractivity contribution in [1.29, 1.82) is 0 Å². The highest BCUT2D eigenvalue weighted by Crippen LogP contribution is 2.22. The summed E-state index contributed by atoms with van der Waals surface area (Å²) in [5.41, 5.74) is 0.921. The molecule has 0 bridgehead atoms. The fourth-order valence-corrected chi connectivity index (χ4v) is 3.27. The lowest BCUT2D eigenvalue weighted by atomic mass is 9.95. The Balaban J connectivity index is 1.90.